The van der Waals surface area contributed by atoms with E-state index in [9.17, 15) is 14.4 Å². The molecule has 0 saturated carbocycles. The zero-order chi connectivity index (χ0) is 20.5. The van der Waals surface area contributed by atoms with Crippen LogP contribution in [-0.4, -0.2) is 27.3 Å². The third-order valence-corrected chi connectivity index (χ3v) is 4.92. The quantitative estimate of drug-likeness (QED) is 0.548. The average Bonchev–Trinajstić information content (AvgIpc) is 3.36. The highest BCUT2D eigenvalue weighted by molar-refractivity contribution is 6.30. The van der Waals surface area contributed by atoms with Gasteiger partial charge in [-0.1, -0.05) is 6.07 Å². The Hall–Kier alpha value is -3.87. The number of barbiturate groups is 1. The predicted molar refractivity (Wildman–Crippen MR) is 106 cm³/mol. The lowest BCUT2D eigenvalue weighted by Gasteiger charge is -2.25. The van der Waals surface area contributed by atoms with Gasteiger partial charge < -0.3 is 8.98 Å². The number of carbonyl (C=O) groups is 3. The van der Waals surface area contributed by atoms with Crippen molar-refractivity contribution in [3.63, 3.8) is 0 Å². The molecule has 0 radical (unpaired) electrons. The van der Waals surface area contributed by atoms with Gasteiger partial charge in [-0.2, -0.15) is 0 Å². The van der Waals surface area contributed by atoms with Gasteiger partial charge in [0.25, 0.3) is 11.8 Å². The van der Waals surface area contributed by atoms with Crippen molar-refractivity contribution in [2.45, 2.75) is 20.4 Å². The van der Waals surface area contributed by atoms with Crippen LogP contribution in [0, 0.1) is 13.8 Å². The predicted octanol–water partition coefficient (Wildman–Crippen LogP) is 3.35. The molecule has 29 heavy (non-hydrogen) atoms. The number of amides is 4. The molecular formula is C22H19N3O4. The van der Waals surface area contributed by atoms with E-state index in [0.717, 1.165) is 16.2 Å². The van der Waals surface area contributed by atoms with Crippen LogP contribution in [0.2, 0.25) is 0 Å². The summed E-state index contributed by atoms with van der Waals surface area (Å²) in [5.74, 6) is -0.938. The number of nitrogens with one attached hydrogen (secondary N) is 1. The molecular weight excluding hydrogens is 370 g/mol. The monoisotopic (exact) mass is 389 g/mol. The number of rotatable bonds is 4. The van der Waals surface area contributed by atoms with Gasteiger partial charge in [0.15, 0.2) is 0 Å². The van der Waals surface area contributed by atoms with Crippen molar-refractivity contribution in [2.75, 3.05) is 0 Å². The highest BCUT2D eigenvalue weighted by Crippen LogP contribution is 2.21. The van der Waals surface area contributed by atoms with Crippen molar-refractivity contribution in [2.24, 2.45) is 0 Å². The van der Waals surface area contributed by atoms with E-state index >= 15 is 0 Å². The van der Waals surface area contributed by atoms with Crippen LogP contribution in [0.5, 0.6) is 0 Å². The van der Waals surface area contributed by atoms with Crippen LogP contribution in [-0.2, 0) is 16.1 Å². The fourth-order valence-corrected chi connectivity index (χ4v) is 3.17. The first-order chi connectivity index (χ1) is 13.9. The SMILES string of the molecule is Cc1ccc(-n2cccc2C=C2C(=O)NC(=O)N(Cc3ccco3)C2=O)cc1C. The van der Waals surface area contributed by atoms with Crippen LogP contribution in [0.3, 0.4) is 0 Å². The lowest BCUT2D eigenvalue weighted by atomic mass is 10.1. The maximum absolute atomic E-state index is 12.9. The maximum atomic E-state index is 12.9. The summed E-state index contributed by atoms with van der Waals surface area (Å²) in [4.78, 5) is 38.3. The number of furan rings is 1. The van der Waals surface area contributed by atoms with Crippen molar-refractivity contribution in [1.82, 2.24) is 14.8 Å². The van der Waals surface area contributed by atoms with Gasteiger partial charge in [0.1, 0.15) is 11.3 Å². The Bertz CT molecular complexity index is 1140. The van der Waals surface area contributed by atoms with Crippen molar-refractivity contribution in [3.8, 4) is 5.69 Å². The first kappa shape index (κ1) is 18.5. The summed E-state index contributed by atoms with van der Waals surface area (Å²) < 4.78 is 7.10. The molecule has 1 aliphatic heterocycles. The van der Waals surface area contributed by atoms with E-state index < -0.39 is 17.8 Å². The third kappa shape index (κ3) is 3.50. The molecule has 0 bridgehead atoms. The van der Waals surface area contributed by atoms with Gasteiger partial charge in [-0.15, -0.1) is 0 Å². The number of aryl methyl sites for hydroxylation is 2. The van der Waals surface area contributed by atoms with Gasteiger partial charge >= 0.3 is 6.03 Å². The number of benzene rings is 1. The second-order valence-corrected chi connectivity index (χ2v) is 6.86. The van der Waals surface area contributed by atoms with Crippen LogP contribution in [0.25, 0.3) is 11.8 Å². The van der Waals surface area contributed by atoms with Crippen LogP contribution < -0.4 is 5.32 Å². The molecule has 0 unspecified atom stereocenters. The topological polar surface area (TPSA) is 84.6 Å². The molecule has 1 fully saturated rings. The van der Waals surface area contributed by atoms with Gasteiger partial charge in [-0.25, -0.2) is 4.79 Å². The van der Waals surface area contributed by atoms with Crippen LogP contribution in [0.15, 0.2) is 64.9 Å². The molecule has 146 valence electrons. The van der Waals surface area contributed by atoms with Crippen LogP contribution >= 0.6 is 0 Å². The summed E-state index contributed by atoms with van der Waals surface area (Å²) in [5, 5.41) is 2.22. The number of carbonyl (C=O) groups excluding carboxylic acids is 3. The minimum Gasteiger partial charge on any atom is -0.467 e. The Balaban J connectivity index is 1.69. The highest BCUT2D eigenvalue weighted by Gasteiger charge is 2.36. The van der Waals surface area contributed by atoms with Crippen LogP contribution in [0.1, 0.15) is 22.6 Å². The molecule has 0 atom stereocenters. The molecule has 4 amide bonds. The van der Waals surface area contributed by atoms with Crippen molar-refractivity contribution in [3.05, 3.63) is 83.1 Å². The zero-order valence-electron chi connectivity index (χ0n) is 16.0. The van der Waals surface area contributed by atoms with Gasteiger partial charge in [0, 0.05) is 17.6 Å². The molecule has 3 aromatic rings. The van der Waals surface area contributed by atoms with E-state index in [4.69, 9.17) is 4.42 Å². The summed E-state index contributed by atoms with van der Waals surface area (Å²) in [5.41, 5.74) is 3.77. The molecule has 2 aromatic heterocycles. The van der Waals surface area contributed by atoms with E-state index in [-0.39, 0.29) is 12.1 Å². The normalized spacial score (nSPS) is 15.9. The molecule has 3 heterocycles. The molecule has 1 N–H and O–H groups in total. The summed E-state index contributed by atoms with van der Waals surface area (Å²) in [6.07, 6.45) is 4.81. The summed E-state index contributed by atoms with van der Waals surface area (Å²) in [6.45, 7) is 4.00. The number of hydrogen-bond acceptors (Lipinski definition) is 4. The van der Waals surface area contributed by atoms with Crippen molar-refractivity contribution in [1.29, 1.82) is 0 Å². The van der Waals surface area contributed by atoms with E-state index in [1.165, 1.54) is 17.9 Å². The van der Waals surface area contributed by atoms with E-state index in [2.05, 4.69) is 5.32 Å². The summed E-state index contributed by atoms with van der Waals surface area (Å²) in [7, 11) is 0. The second kappa shape index (κ2) is 7.27. The molecule has 1 aromatic carbocycles. The van der Waals surface area contributed by atoms with Crippen LogP contribution in [0.4, 0.5) is 4.79 Å². The minimum atomic E-state index is -0.766. The van der Waals surface area contributed by atoms with Gasteiger partial charge in [-0.3, -0.25) is 19.8 Å². The number of nitrogens with zero attached hydrogens (tertiary/aromatic N) is 2. The first-order valence-corrected chi connectivity index (χ1v) is 9.10. The van der Waals surface area contributed by atoms with Crippen molar-refractivity contribution < 1.29 is 18.8 Å². The molecule has 4 rings (SSSR count). The summed E-state index contributed by atoms with van der Waals surface area (Å²) >= 11 is 0. The molecule has 0 spiro atoms. The van der Waals surface area contributed by atoms with Crippen molar-refractivity contribution >= 4 is 23.9 Å². The van der Waals surface area contributed by atoms with Gasteiger partial charge in [0.2, 0.25) is 0 Å². The summed E-state index contributed by atoms with van der Waals surface area (Å²) in [6, 6.07) is 12.2. The van der Waals surface area contributed by atoms with Gasteiger partial charge in [0.05, 0.1) is 12.8 Å². The van der Waals surface area contributed by atoms with E-state index in [1.54, 1.807) is 18.2 Å². The molecule has 1 saturated heterocycles. The number of imide groups is 2. The fraction of sp³-hybridized carbons (Fsp3) is 0.136. The Labute approximate surface area is 167 Å². The lowest BCUT2D eigenvalue weighted by Crippen LogP contribution is -2.53. The molecule has 0 aliphatic carbocycles. The van der Waals surface area contributed by atoms with E-state index in [1.807, 2.05) is 48.9 Å². The molecule has 7 heteroatoms. The zero-order valence-corrected chi connectivity index (χ0v) is 16.0. The highest BCUT2D eigenvalue weighted by atomic mass is 16.3. The average molecular weight is 389 g/mol. The Morgan fingerprint density at radius 2 is 1.86 bits per heavy atom. The number of hydrogen-bond donors (Lipinski definition) is 1. The fourth-order valence-electron chi connectivity index (χ4n) is 3.17. The first-order valence-electron chi connectivity index (χ1n) is 9.10. The molecule has 7 nitrogen and oxygen atoms in total. The van der Waals surface area contributed by atoms with E-state index in [0.29, 0.717) is 11.5 Å². The minimum absolute atomic E-state index is 0.0551. The Kier molecular flexibility index (Phi) is 4.64. The molecule has 1 aliphatic rings. The smallest absolute Gasteiger partial charge is 0.331 e. The Morgan fingerprint density at radius 3 is 2.59 bits per heavy atom. The lowest BCUT2D eigenvalue weighted by molar-refractivity contribution is -0.130. The standard InChI is InChI=1S/C22H19N3O4/c1-14-7-8-17(11-15(14)2)24-9-3-5-16(24)12-19-20(26)23-22(28)25(21(19)27)13-18-6-4-10-29-18/h3-12H,13H2,1-2H3,(H,23,26,28). The third-order valence-electron chi connectivity index (χ3n) is 4.92. The number of urea groups is 1. The Morgan fingerprint density at radius 1 is 1.03 bits per heavy atom. The maximum Gasteiger partial charge on any atom is 0.331 e. The largest absolute Gasteiger partial charge is 0.467 e. The second-order valence-electron chi connectivity index (χ2n) is 6.86. The van der Waals surface area contributed by atoms with Gasteiger partial charge in [-0.05, 0) is 67.4 Å². The number of aromatic nitrogens is 1.